The van der Waals surface area contributed by atoms with Crippen molar-refractivity contribution in [1.29, 1.82) is 0 Å². The second-order valence-electron chi connectivity index (χ2n) is 5.21. The van der Waals surface area contributed by atoms with Crippen molar-refractivity contribution in [2.75, 3.05) is 7.05 Å². The molecule has 0 N–H and O–H groups in total. The van der Waals surface area contributed by atoms with Crippen molar-refractivity contribution in [2.24, 2.45) is 5.92 Å². The first-order chi connectivity index (χ1) is 7.79. The van der Waals surface area contributed by atoms with Gasteiger partial charge in [0.25, 0.3) is 0 Å². The molecule has 0 amide bonds. The van der Waals surface area contributed by atoms with Gasteiger partial charge in [-0.2, -0.15) is 0 Å². The summed E-state index contributed by atoms with van der Waals surface area (Å²) in [5, 5.41) is 11.0. The summed E-state index contributed by atoms with van der Waals surface area (Å²) in [5.74, 6) is 0.530. The summed E-state index contributed by atoms with van der Waals surface area (Å²) < 4.78 is 0.997. The maximum Gasteiger partial charge on any atom is 0.153 e. The molecule has 0 heterocycles. The summed E-state index contributed by atoms with van der Waals surface area (Å²) in [7, 11) is 1.61. The van der Waals surface area contributed by atoms with Crippen LogP contribution in [0.4, 0.5) is 0 Å². The highest BCUT2D eigenvalue weighted by Gasteiger charge is 2.09. The maximum atomic E-state index is 11.0. The predicted molar refractivity (Wildman–Crippen MR) is 69.9 cm³/mol. The first-order valence-electron chi connectivity index (χ1n) is 7.04. The fraction of sp³-hybridized carbons (Fsp3) is 0.929. The number of rotatable bonds is 1. The molecule has 2 nitrogen and oxygen atoms in total. The Morgan fingerprint density at radius 3 is 1.56 bits per heavy atom. The van der Waals surface area contributed by atoms with Crippen molar-refractivity contribution >= 4 is 6.21 Å². The minimum atomic E-state index is 0.530. The van der Waals surface area contributed by atoms with Crippen molar-refractivity contribution in [1.82, 2.24) is 0 Å². The normalized spacial score (nSPS) is 23.4. The molecular formula is C14H27NO. The molecule has 0 aromatic heterocycles. The third-order valence-electron chi connectivity index (χ3n) is 3.57. The Labute approximate surface area is 100 Å². The summed E-state index contributed by atoms with van der Waals surface area (Å²) in [5.41, 5.74) is 0. The van der Waals surface area contributed by atoms with E-state index in [9.17, 15) is 5.21 Å². The summed E-state index contributed by atoms with van der Waals surface area (Å²) in [6.07, 6.45) is 16.7. The van der Waals surface area contributed by atoms with Crippen molar-refractivity contribution < 1.29 is 4.74 Å². The first-order valence-corrected chi connectivity index (χ1v) is 7.04. The van der Waals surface area contributed by atoms with Gasteiger partial charge in [0.1, 0.15) is 7.05 Å². The lowest BCUT2D eigenvalue weighted by molar-refractivity contribution is -0.420. The van der Waals surface area contributed by atoms with Crippen LogP contribution in [0.25, 0.3) is 0 Å². The standard InChI is InChI=1S/C14H27NO/c1-15(16)13-14-11-9-7-5-3-2-4-6-8-10-12-14/h13-14H,2-12H2,1H3. The quantitative estimate of drug-likeness (QED) is 0.285. The minimum absolute atomic E-state index is 0.530. The van der Waals surface area contributed by atoms with Crippen LogP contribution >= 0.6 is 0 Å². The van der Waals surface area contributed by atoms with Crippen LogP contribution in [0.2, 0.25) is 0 Å². The van der Waals surface area contributed by atoms with Crippen LogP contribution in [0.3, 0.4) is 0 Å². The summed E-state index contributed by atoms with van der Waals surface area (Å²) in [6.45, 7) is 0. The van der Waals surface area contributed by atoms with Crippen LogP contribution in [-0.2, 0) is 0 Å². The van der Waals surface area contributed by atoms with Gasteiger partial charge in [0.2, 0.25) is 0 Å². The SMILES string of the molecule is C[N+]([O-])=CC1CCCCCCCCCCC1. The predicted octanol–water partition coefficient (Wildman–Crippen LogP) is 4.12. The molecule has 16 heavy (non-hydrogen) atoms. The molecule has 0 bridgehead atoms. The fourth-order valence-corrected chi connectivity index (χ4v) is 2.64. The van der Waals surface area contributed by atoms with Gasteiger partial charge in [0.15, 0.2) is 6.21 Å². The van der Waals surface area contributed by atoms with Gasteiger partial charge in [0, 0.05) is 5.92 Å². The summed E-state index contributed by atoms with van der Waals surface area (Å²) in [4.78, 5) is 0. The molecule has 0 saturated heterocycles. The number of hydrogen-bond acceptors (Lipinski definition) is 1. The molecule has 0 atom stereocenters. The van der Waals surface area contributed by atoms with Gasteiger partial charge >= 0.3 is 0 Å². The van der Waals surface area contributed by atoms with Crippen LogP contribution < -0.4 is 0 Å². The molecule has 94 valence electrons. The van der Waals surface area contributed by atoms with Gasteiger partial charge in [-0.25, -0.2) is 4.74 Å². The van der Waals surface area contributed by atoms with E-state index in [4.69, 9.17) is 0 Å². The van der Waals surface area contributed by atoms with Crippen LogP contribution in [0.5, 0.6) is 0 Å². The fourth-order valence-electron chi connectivity index (χ4n) is 2.64. The van der Waals surface area contributed by atoms with Gasteiger partial charge in [-0.3, -0.25) is 0 Å². The first kappa shape index (κ1) is 13.5. The van der Waals surface area contributed by atoms with E-state index >= 15 is 0 Å². The highest BCUT2D eigenvalue weighted by atomic mass is 16.5. The van der Waals surface area contributed by atoms with Gasteiger partial charge in [-0.05, 0) is 12.8 Å². The molecule has 0 radical (unpaired) electrons. The second kappa shape index (κ2) is 8.60. The van der Waals surface area contributed by atoms with Gasteiger partial charge < -0.3 is 5.21 Å². The monoisotopic (exact) mass is 225 g/mol. The van der Waals surface area contributed by atoms with Gasteiger partial charge in [-0.1, -0.05) is 57.8 Å². The average Bonchev–Trinajstić information content (AvgIpc) is 2.21. The van der Waals surface area contributed by atoms with Crippen LogP contribution in [-0.4, -0.2) is 18.0 Å². The second-order valence-corrected chi connectivity index (χ2v) is 5.21. The largest absolute Gasteiger partial charge is 0.624 e. The Hall–Kier alpha value is -0.530. The highest BCUT2D eigenvalue weighted by molar-refractivity contribution is 5.54. The summed E-state index contributed by atoms with van der Waals surface area (Å²) in [6, 6.07) is 0. The lowest BCUT2D eigenvalue weighted by Crippen LogP contribution is -2.10. The molecule has 1 saturated carbocycles. The smallest absolute Gasteiger partial charge is 0.153 e. The van der Waals surface area contributed by atoms with Crippen molar-refractivity contribution in [2.45, 2.75) is 70.6 Å². The van der Waals surface area contributed by atoms with E-state index in [1.165, 1.54) is 70.6 Å². The van der Waals surface area contributed by atoms with E-state index in [1.807, 2.05) is 6.21 Å². The maximum absolute atomic E-state index is 11.0. The molecule has 1 aliphatic rings. The summed E-state index contributed by atoms with van der Waals surface area (Å²) >= 11 is 0. The number of hydrogen-bond donors (Lipinski definition) is 0. The molecule has 2 heteroatoms. The third kappa shape index (κ3) is 6.86. The Bertz CT molecular complexity index is 185. The average molecular weight is 225 g/mol. The zero-order chi connectivity index (χ0) is 11.6. The minimum Gasteiger partial charge on any atom is -0.624 e. The topological polar surface area (TPSA) is 26.1 Å². The number of nitrogens with zero attached hydrogens (tertiary/aromatic N) is 1. The van der Waals surface area contributed by atoms with E-state index in [2.05, 4.69) is 0 Å². The molecule has 0 unspecified atom stereocenters. The Morgan fingerprint density at radius 2 is 1.19 bits per heavy atom. The van der Waals surface area contributed by atoms with Crippen molar-refractivity contribution in [3.8, 4) is 0 Å². The van der Waals surface area contributed by atoms with E-state index in [-0.39, 0.29) is 0 Å². The Balaban J connectivity index is 2.33. The Morgan fingerprint density at radius 1 is 0.812 bits per heavy atom. The van der Waals surface area contributed by atoms with E-state index in [1.54, 1.807) is 7.05 Å². The van der Waals surface area contributed by atoms with E-state index < -0.39 is 0 Å². The molecule has 1 fully saturated rings. The molecule has 1 rings (SSSR count). The zero-order valence-electron chi connectivity index (χ0n) is 10.8. The van der Waals surface area contributed by atoms with Crippen LogP contribution in [0.1, 0.15) is 70.6 Å². The molecule has 0 aliphatic heterocycles. The molecule has 0 aromatic rings. The van der Waals surface area contributed by atoms with E-state index in [0.29, 0.717) is 5.92 Å². The van der Waals surface area contributed by atoms with Crippen molar-refractivity contribution in [3.63, 3.8) is 0 Å². The lowest BCUT2D eigenvalue weighted by atomic mass is 9.94. The third-order valence-corrected chi connectivity index (χ3v) is 3.57. The molecule has 1 aliphatic carbocycles. The molecular weight excluding hydrogens is 198 g/mol. The highest BCUT2D eigenvalue weighted by Crippen LogP contribution is 2.19. The molecule has 0 spiro atoms. The van der Waals surface area contributed by atoms with Crippen LogP contribution in [0, 0.1) is 11.1 Å². The zero-order valence-corrected chi connectivity index (χ0v) is 10.8. The lowest BCUT2D eigenvalue weighted by Gasteiger charge is -2.12. The Kier molecular flexibility index (Phi) is 7.28. The van der Waals surface area contributed by atoms with Crippen molar-refractivity contribution in [3.05, 3.63) is 5.21 Å². The number of hydroxylamine groups is 1. The van der Waals surface area contributed by atoms with E-state index in [0.717, 1.165) is 4.74 Å². The van der Waals surface area contributed by atoms with Gasteiger partial charge in [-0.15, -0.1) is 0 Å². The van der Waals surface area contributed by atoms with Crippen LogP contribution in [0.15, 0.2) is 0 Å². The molecule has 0 aromatic carbocycles. The van der Waals surface area contributed by atoms with Gasteiger partial charge in [0.05, 0.1) is 0 Å².